The molecule has 0 spiro atoms. The number of benzene rings is 1. The smallest absolute Gasteiger partial charge is 0.387 e. The van der Waals surface area contributed by atoms with Gasteiger partial charge in [0.25, 0.3) is 6.43 Å². The number of aliphatic hydroxyl groups is 1. The first-order valence-corrected chi connectivity index (χ1v) is 4.02. The Morgan fingerprint density at radius 3 is 2.20 bits per heavy atom. The van der Waals surface area contributed by atoms with Crippen LogP contribution in [0.5, 0.6) is 5.75 Å². The third kappa shape index (κ3) is 3.09. The van der Waals surface area contributed by atoms with Crippen molar-refractivity contribution in [2.24, 2.45) is 0 Å². The molecule has 1 aromatic rings. The van der Waals surface area contributed by atoms with Crippen LogP contribution in [0, 0.1) is 0 Å². The molecule has 1 unspecified atom stereocenters. The van der Waals surface area contributed by atoms with E-state index >= 15 is 0 Å². The summed E-state index contributed by atoms with van der Waals surface area (Å²) in [6.07, 6.45) is -5.17. The number of ether oxygens (including phenoxy) is 1. The minimum atomic E-state index is -3.11. The van der Waals surface area contributed by atoms with Crippen LogP contribution >= 0.6 is 0 Å². The van der Waals surface area contributed by atoms with Crippen molar-refractivity contribution in [3.8, 4) is 5.75 Å². The molecule has 0 heterocycles. The fraction of sp³-hybridized carbons (Fsp3) is 0.333. The Bertz CT molecular complexity index is 317. The highest BCUT2D eigenvalue weighted by molar-refractivity contribution is 5.35. The molecule has 84 valence electrons. The van der Waals surface area contributed by atoms with Gasteiger partial charge in [0.15, 0.2) is 0 Å². The first-order valence-electron chi connectivity index (χ1n) is 4.02. The molecule has 6 heteroatoms. The molecule has 0 aliphatic carbocycles. The normalized spacial score (nSPS) is 13.3. The Morgan fingerprint density at radius 1 is 1.07 bits per heavy atom. The second kappa shape index (κ2) is 4.97. The third-order valence-corrected chi connectivity index (χ3v) is 1.69. The van der Waals surface area contributed by atoms with Gasteiger partial charge in [0, 0.05) is 5.56 Å². The van der Waals surface area contributed by atoms with E-state index < -0.39 is 24.9 Å². The van der Waals surface area contributed by atoms with Gasteiger partial charge in [-0.3, -0.25) is 0 Å². The van der Waals surface area contributed by atoms with Crippen molar-refractivity contribution in [2.75, 3.05) is 0 Å². The zero-order valence-corrected chi connectivity index (χ0v) is 7.41. The molecule has 0 fully saturated rings. The maximum absolute atomic E-state index is 12.1. The summed E-state index contributed by atoms with van der Waals surface area (Å²) < 4.78 is 52.0. The van der Waals surface area contributed by atoms with E-state index in [1.54, 1.807) is 0 Å². The van der Waals surface area contributed by atoms with Crippen molar-refractivity contribution >= 4 is 0 Å². The summed E-state index contributed by atoms with van der Waals surface area (Å²) >= 11 is 0. The largest absolute Gasteiger partial charge is 0.434 e. The van der Waals surface area contributed by atoms with Crippen molar-refractivity contribution in [2.45, 2.75) is 19.1 Å². The molecular weight excluding hydrogens is 216 g/mol. The lowest BCUT2D eigenvalue weighted by molar-refractivity contribution is -0.0555. The lowest BCUT2D eigenvalue weighted by Crippen LogP contribution is -2.12. The zero-order chi connectivity index (χ0) is 11.4. The zero-order valence-electron chi connectivity index (χ0n) is 7.41. The SMILES string of the molecule is OC(c1ccccc1OC(F)F)C(F)F. The third-order valence-electron chi connectivity index (χ3n) is 1.69. The predicted octanol–water partition coefficient (Wildman–Crippen LogP) is 2.59. The van der Waals surface area contributed by atoms with Crippen LogP contribution in [0.1, 0.15) is 11.7 Å². The van der Waals surface area contributed by atoms with Crippen LogP contribution in [-0.4, -0.2) is 18.1 Å². The van der Waals surface area contributed by atoms with Crippen LogP contribution in [0.4, 0.5) is 17.6 Å². The van der Waals surface area contributed by atoms with Gasteiger partial charge in [-0.05, 0) is 6.07 Å². The summed E-state index contributed by atoms with van der Waals surface area (Å²) in [6.45, 7) is -3.11. The van der Waals surface area contributed by atoms with Crippen LogP contribution in [0.2, 0.25) is 0 Å². The van der Waals surface area contributed by atoms with Crippen molar-refractivity contribution < 1.29 is 27.4 Å². The molecular formula is C9H8F4O2. The van der Waals surface area contributed by atoms with Gasteiger partial charge in [0.05, 0.1) is 0 Å². The van der Waals surface area contributed by atoms with Crippen LogP contribution in [0.15, 0.2) is 24.3 Å². The van der Waals surface area contributed by atoms with Crippen LogP contribution in [0.3, 0.4) is 0 Å². The molecule has 0 radical (unpaired) electrons. The molecule has 1 atom stereocenters. The van der Waals surface area contributed by atoms with E-state index in [4.69, 9.17) is 5.11 Å². The predicted molar refractivity (Wildman–Crippen MR) is 44.0 cm³/mol. The topological polar surface area (TPSA) is 29.5 Å². The van der Waals surface area contributed by atoms with E-state index in [1.165, 1.54) is 12.1 Å². The van der Waals surface area contributed by atoms with Crippen LogP contribution < -0.4 is 4.74 Å². The number of rotatable bonds is 4. The average molecular weight is 224 g/mol. The van der Waals surface area contributed by atoms with Crippen LogP contribution in [-0.2, 0) is 0 Å². The van der Waals surface area contributed by atoms with E-state index in [0.717, 1.165) is 12.1 Å². The van der Waals surface area contributed by atoms with Gasteiger partial charge >= 0.3 is 6.61 Å². The van der Waals surface area contributed by atoms with Gasteiger partial charge in [-0.2, -0.15) is 8.78 Å². The van der Waals surface area contributed by atoms with E-state index in [0.29, 0.717) is 0 Å². The molecule has 0 bridgehead atoms. The number of alkyl halides is 4. The second-order valence-corrected chi connectivity index (χ2v) is 2.70. The standard InChI is InChI=1S/C9H8F4O2/c10-8(11)7(14)5-3-1-2-4-6(5)15-9(12)13/h1-4,7-9,14H. The molecule has 0 saturated heterocycles. The second-order valence-electron chi connectivity index (χ2n) is 2.70. The minimum absolute atomic E-state index is 0.354. The summed E-state index contributed by atoms with van der Waals surface area (Å²) in [4.78, 5) is 0. The fourth-order valence-corrected chi connectivity index (χ4v) is 1.06. The van der Waals surface area contributed by atoms with Crippen molar-refractivity contribution in [1.82, 2.24) is 0 Å². The summed E-state index contributed by atoms with van der Waals surface area (Å²) in [7, 11) is 0. The maximum Gasteiger partial charge on any atom is 0.387 e. The molecule has 1 rings (SSSR count). The summed E-state index contributed by atoms with van der Waals surface area (Å²) in [5, 5.41) is 9.02. The van der Waals surface area contributed by atoms with E-state index in [-0.39, 0.29) is 5.56 Å². The number of aliphatic hydroxyl groups excluding tert-OH is 1. The fourth-order valence-electron chi connectivity index (χ4n) is 1.06. The van der Waals surface area contributed by atoms with Gasteiger partial charge in [-0.1, -0.05) is 18.2 Å². The average Bonchev–Trinajstić information content (AvgIpc) is 2.16. The highest BCUT2D eigenvalue weighted by atomic mass is 19.3. The maximum atomic E-state index is 12.1. The monoisotopic (exact) mass is 224 g/mol. The Labute approximate surface area is 83.1 Å². The molecule has 15 heavy (non-hydrogen) atoms. The molecule has 0 saturated carbocycles. The quantitative estimate of drug-likeness (QED) is 0.796. The summed E-state index contributed by atoms with van der Waals surface area (Å²) in [5.74, 6) is -0.444. The molecule has 0 aromatic heterocycles. The van der Waals surface area contributed by atoms with Gasteiger partial charge in [0.2, 0.25) is 0 Å². The van der Waals surface area contributed by atoms with E-state index in [2.05, 4.69) is 4.74 Å². The molecule has 0 amide bonds. The van der Waals surface area contributed by atoms with E-state index in [9.17, 15) is 17.6 Å². The Morgan fingerprint density at radius 2 is 1.67 bits per heavy atom. The molecule has 1 aromatic carbocycles. The summed E-state index contributed by atoms with van der Waals surface area (Å²) in [5.41, 5.74) is -0.354. The first-order chi connectivity index (χ1) is 7.02. The van der Waals surface area contributed by atoms with Gasteiger partial charge in [-0.15, -0.1) is 0 Å². The molecule has 1 N–H and O–H groups in total. The summed E-state index contributed by atoms with van der Waals surface area (Å²) in [6, 6.07) is 4.89. The molecule has 0 aliphatic heterocycles. The Hall–Kier alpha value is -1.30. The highest BCUT2D eigenvalue weighted by Gasteiger charge is 2.23. The molecule has 0 aliphatic rings. The van der Waals surface area contributed by atoms with Crippen molar-refractivity contribution in [1.29, 1.82) is 0 Å². The Balaban J connectivity index is 2.95. The Kier molecular flexibility index (Phi) is 3.90. The number of para-hydroxylation sites is 1. The minimum Gasteiger partial charge on any atom is -0.434 e. The first kappa shape index (κ1) is 11.8. The lowest BCUT2D eigenvalue weighted by atomic mass is 10.1. The van der Waals surface area contributed by atoms with Crippen molar-refractivity contribution in [3.05, 3.63) is 29.8 Å². The number of hydrogen-bond acceptors (Lipinski definition) is 2. The van der Waals surface area contributed by atoms with Gasteiger partial charge in [0.1, 0.15) is 11.9 Å². The number of hydrogen-bond donors (Lipinski definition) is 1. The lowest BCUT2D eigenvalue weighted by Gasteiger charge is -2.14. The van der Waals surface area contributed by atoms with Crippen LogP contribution in [0.25, 0.3) is 0 Å². The van der Waals surface area contributed by atoms with E-state index in [1.807, 2.05) is 0 Å². The molecule has 2 nitrogen and oxygen atoms in total. The van der Waals surface area contributed by atoms with Gasteiger partial charge in [-0.25, -0.2) is 8.78 Å². The highest BCUT2D eigenvalue weighted by Crippen LogP contribution is 2.29. The van der Waals surface area contributed by atoms with Gasteiger partial charge < -0.3 is 9.84 Å². The van der Waals surface area contributed by atoms with Crippen molar-refractivity contribution in [3.63, 3.8) is 0 Å². The number of halogens is 4.